The van der Waals surface area contributed by atoms with Crippen LogP contribution in [0.15, 0.2) is 20.1 Å². The number of hydrogen-bond acceptors (Lipinski definition) is 3. The zero-order valence-corrected chi connectivity index (χ0v) is 12.0. The maximum atomic E-state index is 11.8. The number of sulfonamides is 1. The van der Waals surface area contributed by atoms with Crippen molar-refractivity contribution in [2.45, 2.75) is 29.9 Å². The molecule has 6 heteroatoms. The van der Waals surface area contributed by atoms with Gasteiger partial charge in [-0.15, -0.1) is 11.3 Å². The van der Waals surface area contributed by atoms with Gasteiger partial charge < -0.3 is 0 Å². The molecule has 0 unspecified atom stereocenters. The normalized spacial score (nSPS) is 17.3. The molecular weight excluding hydrogens is 310 g/mol. The van der Waals surface area contributed by atoms with Crippen LogP contribution in [-0.2, 0) is 10.0 Å². The molecule has 3 nitrogen and oxygen atoms in total. The van der Waals surface area contributed by atoms with Gasteiger partial charge >= 0.3 is 0 Å². The lowest BCUT2D eigenvalue weighted by Gasteiger charge is -2.24. The first-order valence-electron chi connectivity index (χ1n) is 5.33. The van der Waals surface area contributed by atoms with E-state index in [0.717, 1.165) is 16.1 Å². The second-order valence-electron chi connectivity index (χ2n) is 4.04. The van der Waals surface area contributed by atoms with E-state index in [-0.39, 0.29) is 0 Å². The van der Waals surface area contributed by atoms with E-state index < -0.39 is 10.0 Å². The molecule has 0 aromatic carbocycles. The van der Waals surface area contributed by atoms with Crippen molar-refractivity contribution in [3.8, 4) is 0 Å². The lowest BCUT2D eigenvalue weighted by atomic mass is 9.83. The van der Waals surface area contributed by atoms with E-state index in [1.165, 1.54) is 30.6 Å². The Labute approximate surface area is 108 Å². The van der Waals surface area contributed by atoms with Crippen LogP contribution in [0.5, 0.6) is 0 Å². The first kappa shape index (κ1) is 12.5. The van der Waals surface area contributed by atoms with E-state index in [2.05, 4.69) is 20.7 Å². The minimum absolute atomic E-state index is 0.382. The zero-order chi connectivity index (χ0) is 11.6. The van der Waals surface area contributed by atoms with E-state index >= 15 is 0 Å². The van der Waals surface area contributed by atoms with Crippen molar-refractivity contribution in [2.75, 3.05) is 6.54 Å². The van der Waals surface area contributed by atoms with Gasteiger partial charge in [-0.25, -0.2) is 13.1 Å². The Morgan fingerprint density at radius 3 is 2.69 bits per heavy atom. The third-order valence-corrected chi connectivity index (χ3v) is 6.46. The van der Waals surface area contributed by atoms with Crippen molar-refractivity contribution in [1.82, 2.24) is 4.72 Å². The maximum Gasteiger partial charge on any atom is 0.250 e. The Balaban J connectivity index is 1.87. The molecule has 0 aliphatic heterocycles. The minimum Gasteiger partial charge on any atom is -0.210 e. The van der Waals surface area contributed by atoms with Crippen LogP contribution < -0.4 is 4.72 Å². The molecule has 1 fully saturated rings. The number of thiophene rings is 1. The summed E-state index contributed by atoms with van der Waals surface area (Å²) in [7, 11) is -3.28. The van der Waals surface area contributed by atoms with E-state index in [9.17, 15) is 8.42 Å². The van der Waals surface area contributed by atoms with Gasteiger partial charge in [0.05, 0.1) is 3.79 Å². The Hall–Kier alpha value is 0.0900. The van der Waals surface area contributed by atoms with Gasteiger partial charge in [0.15, 0.2) is 0 Å². The van der Waals surface area contributed by atoms with Crippen LogP contribution in [0.4, 0.5) is 0 Å². The predicted molar refractivity (Wildman–Crippen MR) is 69.2 cm³/mol. The summed E-state index contributed by atoms with van der Waals surface area (Å²) < 4.78 is 27.5. The number of hydrogen-bond donors (Lipinski definition) is 1. The van der Waals surface area contributed by atoms with Crippen molar-refractivity contribution in [3.63, 3.8) is 0 Å². The van der Waals surface area contributed by atoms with Crippen LogP contribution in [0, 0.1) is 5.92 Å². The van der Waals surface area contributed by atoms with Crippen LogP contribution in [0.2, 0.25) is 0 Å². The molecule has 2 rings (SSSR count). The Morgan fingerprint density at radius 1 is 1.44 bits per heavy atom. The fourth-order valence-electron chi connectivity index (χ4n) is 1.69. The summed E-state index contributed by atoms with van der Waals surface area (Å²) >= 11 is 4.50. The standard InChI is InChI=1S/C10H14BrNO2S2/c11-9-4-5-10(15-9)16(13,14)12-7-6-8-2-1-3-8/h4-5,8,12H,1-3,6-7H2. The number of halogens is 1. The van der Waals surface area contributed by atoms with E-state index in [0.29, 0.717) is 10.8 Å². The van der Waals surface area contributed by atoms with Crippen molar-refractivity contribution >= 4 is 37.3 Å². The summed E-state index contributed by atoms with van der Waals surface area (Å²) in [4.78, 5) is 0. The molecule has 0 radical (unpaired) electrons. The van der Waals surface area contributed by atoms with Crippen LogP contribution in [0.1, 0.15) is 25.7 Å². The maximum absolute atomic E-state index is 11.8. The molecule has 1 saturated carbocycles. The monoisotopic (exact) mass is 323 g/mol. The minimum atomic E-state index is -3.28. The lowest BCUT2D eigenvalue weighted by molar-refractivity contribution is 0.297. The fourth-order valence-corrected chi connectivity index (χ4v) is 4.79. The molecule has 16 heavy (non-hydrogen) atoms. The summed E-state index contributed by atoms with van der Waals surface area (Å²) in [5, 5.41) is 0. The van der Waals surface area contributed by atoms with Gasteiger partial charge in [0.1, 0.15) is 4.21 Å². The van der Waals surface area contributed by atoms with Gasteiger partial charge in [-0.3, -0.25) is 0 Å². The second-order valence-corrected chi connectivity index (χ2v) is 8.50. The molecular formula is C10H14BrNO2S2. The van der Waals surface area contributed by atoms with Crippen LogP contribution in [-0.4, -0.2) is 15.0 Å². The fraction of sp³-hybridized carbons (Fsp3) is 0.600. The van der Waals surface area contributed by atoms with E-state index in [1.54, 1.807) is 12.1 Å². The molecule has 1 aliphatic carbocycles. The Morgan fingerprint density at radius 2 is 2.19 bits per heavy atom. The highest BCUT2D eigenvalue weighted by Gasteiger charge is 2.19. The molecule has 0 amide bonds. The van der Waals surface area contributed by atoms with E-state index in [1.807, 2.05) is 0 Å². The van der Waals surface area contributed by atoms with Gasteiger partial charge in [-0.05, 0) is 40.4 Å². The van der Waals surface area contributed by atoms with Gasteiger partial charge in [-0.2, -0.15) is 0 Å². The van der Waals surface area contributed by atoms with Crippen LogP contribution in [0.3, 0.4) is 0 Å². The molecule has 1 aromatic heterocycles. The van der Waals surface area contributed by atoms with Gasteiger partial charge in [0, 0.05) is 6.54 Å². The molecule has 1 aliphatic rings. The van der Waals surface area contributed by atoms with Crippen molar-refractivity contribution < 1.29 is 8.42 Å². The van der Waals surface area contributed by atoms with Gasteiger partial charge in [-0.1, -0.05) is 19.3 Å². The first-order valence-corrected chi connectivity index (χ1v) is 8.42. The quantitative estimate of drug-likeness (QED) is 0.905. The topological polar surface area (TPSA) is 46.2 Å². The Bertz CT molecular complexity index is 451. The number of rotatable bonds is 5. The number of nitrogens with one attached hydrogen (secondary N) is 1. The third kappa shape index (κ3) is 3.06. The van der Waals surface area contributed by atoms with Crippen LogP contribution >= 0.6 is 27.3 Å². The van der Waals surface area contributed by atoms with Gasteiger partial charge in [0.2, 0.25) is 10.0 Å². The third-order valence-electron chi connectivity index (χ3n) is 2.88. The average Bonchev–Trinajstić information content (AvgIpc) is 2.57. The summed E-state index contributed by atoms with van der Waals surface area (Å²) in [6.07, 6.45) is 4.78. The molecule has 1 heterocycles. The largest absolute Gasteiger partial charge is 0.250 e. The molecule has 0 bridgehead atoms. The van der Waals surface area contributed by atoms with Gasteiger partial charge in [0.25, 0.3) is 0 Å². The molecule has 0 spiro atoms. The van der Waals surface area contributed by atoms with Crippen molar-refractivity contribution in [2.24, 2.45) is 5.92 Å². The average molecular weight is 324 g/mol. The highest BCUT2D eigenvalue weighted by Crippen LogP contribution is 2.29. The summed E-state index contributed by atoms with van der Waals surface area (Å²) in [6.45, 7) is 0.558. The molecule has 1 N–H and O–H groups in total. The Kier molecular flexibility index (Phi) is 4.05. The molecule has 0 saturated heterocycles. The van der Waals surface area contributed by atoms with Crippen LogP contribution in [0.25, 0.3) is 0 Å². The molecule has 0 atom stereocenters. The molecule has 90 valence electrons. The smallest absolute Gasteiger partial charge is 0.210 e. The van der Waals surface area contributed by atoms with Crippen molar-refractivity contribution in [1.29, 1.82) is 0 Å². The van der Waals surface area contributed by atoms with E-state index in [4.69, 9.17) is 0 Å². The first-order chi connectivity index (χ1) is 7.58. The summed E-state index contributed by atoms with van der Waals surface area (Å²) in [6, 6.07) is 3.38. The van der Waals surface area contributed by atoms with Crippen molar-refractivity contribution in [3.05, 3.63) is 15.9 Å². The highest BCUT2D eigenvalue weighted by molar-refractivity contribution is 9.11. The zero-order valence-electron chi connectivity index (χ0n) is 8.78. The summed E-state index contributed by atoms with van der Waals surface area (Å²) in [5.41, 5.74) is 0. The predicted octanol–water partition coefficient (Wildman–Crippen LogP) is 2.98. The second kappa shape index (κ2) is 5.16. The molecule has 1 aromatic rings. The highest BCUT2D eigenvalue weighted by atomic mass is 79.9. The lowest BCUT2D eigenvalue weighted by Crippen LogP contribution is -2.27. The SMILES string of the molecule is O=S(=O)(NCCC1CCC1)c1ccc(Br)s1. The summed E-state index contributed by atoms with van der Waals surface area (Å²) in [5.74, 6) is 0.734.